The van der Waals surface area contributed by atoms with E-state index in [9.17, 15) is 8.42 Å². The van der Waals surface area contributed by atoms with Gasteiger partial charge in [-0.15, -0.1) is 0 Å². The third-order valence-electron chi connectivity index (χ3n) is 5.22. The number of benzene rings is 1. The van der Waals surface area contributed by atoms with Crippen LogP contribution >= 0.6 is 0 Å². The van der Waals surface area contributed by atoms with E-state index < -0.39 is 10.2 Å². The van der Waals surface area contributed by atoms with Crippen LogP contribution < -0.4 is 19.5 Å². The molecule has 0 aliphatic carbocycles. The van der Waals surface area contributed by atoms with Crippen LogP contribution in [0.25, 0.3) is 10.9 Å². The Kier molecular flexibility index (Phi) is 5.64. The highest BCUT2D eigenvalue weighted by molar-refractivity contribution is 7.87. The van der Waals surface area contributed by atoms with Gasteiger partial charge in [-0.3, -0.25) is 4.98 Å². The van der Waals surface area contributed by atoms with Crippen molar-refractivity contribution in [3.8, 4) is 5.75 Å². The summed E-state index contributed by atoms with van der Waals surface area (Å²) >= 11 is 0. The molecule has 1 aromatic carbocycles. The van der Waals surface area contributed by atoms with Crippen molar-refractivity contribution in [3.05, 3.63) is 30.5 Å². The van der Waals surface area contributed by atoms with Crippen molar-refractivity contribution in [1.29, 1.82) is 0 Å². The second kappa shape index (κ2) is 7.77. The molecule has 3 N–H and O–H groups in total. The van der Waals surface area contributed by atoms with Crippen LogP contribution in [0.15, 0.2) is 30.5 Å². The van der Waals surface area contributed by atoms with E-state index in [4.69, 9.17) is 9.88 Å². The van der Waals surface area contributed by atoms with Crippen molar-refractivity contribution >= 4 is 26.8 Å². The Morgan fingerprint density at radius 3 is 2.73 bits per heavy atom. The molecule has 1 atom stereocenters. The first-order valence-corrected chi connectivity index (χ1v) is 10.4. The summed E-state index contributed by atoms with van der Waals surface area (Å²) in [5.41, 5.74) is 2.12. The first kappa shape index (κ1) is 18.9. The van der Waals surface area contributed by atoms with E-state index in [0.717, 1.165) is 42.6 Å². The van der Waals surface area contributed by atoms with Crippen molar-refractivity contribution < 1.29 is 13.2 Å². The number of nitrogens with zero attached hydrogens (tertiary/aromatic N) is 2. The molecule has 1 fully saturated rings. The molecular formula is C18H26N4O3S. The first-order chi connectivity index (χ1) is 12.4. The number of nitrogens with two attached hydrogens (primary N) is 1. The fourth-order valence-corrected chi connectivity index (χ4v) is 4.13. The second-order valence-electron chi connectivity index (χ2n) is 6.91. The fraction of sp³-hybridized carbons (Fsp3) is 0.500. The van der Waals surface area contributed by atoms with Gasteiger partial charge in [0.1, 0.15) is 5.75 Å². The SMILES string of the molecule is COc1ccc2nccc(N3CCC(C(C)CNS(N)(=O)=O)CC3)c2c1. The zero-order chi connectivity index (χ0) is 18.7. The molecule has 26 heavy (non-hydrogen) atoms. The second-order valence-corrected chi connectivity index (χ2v) is 8.29. The summed E-state index contributed by atoms with van der Waals surface area (Å²) in [5, 5.41) is 6.12. The molecule has 0 saturated carbocycles. The average Bonchev–Trinajstić information content (AvgIpc) is 2.64. The molecule has 1 aromatic heterocycles. The quantitative estimate of drug-likeness (QED) is 0.800. The van der Waals surface area contributed by atoms with Gasteiger partial charge in [0.15, 0.2) is 0 Å². The molecule has 2 aromatic rings. The third kappa shape index (κ3) is 4.44. The minimum atomic E-state index is -3.62. The van der Waals surface area contributed by atoms with Gasteiger partial charge in [-0.2, -0.15) is 8.42 Å². The van der Waals surface area contributed by atoms with E-state index in [1.54, 1.807) is 7.11 Å². The number of rotatable bonds is 6. The van der Waals surface area contributed by atoms with Crippen molar-refractivity contribution in [3.63, 3.8) is 0 Å². The maximum absolute atomic E-state index is 11.1. The molecule has 1 aliphatic rings. The maximum atomic E-state index is 11.1. The lowest BCUT2D eigenvalue weighted by molar-refractivity contribution is 0.293. The molecule has 1 unspecified atom stereocenters. The molecule has 1 saturated heterocycles. The Morgan fingerprint density at radius 1 is 1.35 bits per heavy atom. The van der Waals surface area contributed by atoms with Crippen molar-refractivity contribution in [2.45, 2.75) is 19.8 Å². The highest BCUT2D eigenvalue weighted by atomic mass is 32.2. The molecule has 0 amide bonds. The Labute approximate surface area is 154 Å². The Hall–Kier alpha value is -1.90. The van der Waals surface area contributed by atoms with Crippen LogP contribution in [0.1, 0.15) is 19.8 Å². The largest absolute Gasteiger partial charge is 0.497 e. The number of anilines is 1. The van der Waals surface area contributed by atoms with Gasteiger partial charge >= 0.3 is 0 Å². The van der Waals surface area contributed by atoms with Crippen LogP contribution in [0, 0.1) is 11.8 Å². The third-order valence-corrected chi connectivity index (χ3v) is 5.79. The smallest absolute Gasteiger partial charge is 0.274 e. The van der Waals surface area contributed by atoms with Gasteiger partial charge in [0.2, 0.25) is 0 Å². The monoisotopic (exact) mass is 378 g/mol. The minimum Gasteiger partial charge on any atom is -0.497 e. The van der Waals surface area contributed by atoms with Gasteiger partial charge < -0.3 is 9.64 Å². The van der Waals surface area contributed by atoms with Gasteiger partial charge in [-0.25, -0.2) is 9.86 Å². The van der Waals surface area contributed by atoms with Crippen molar-refractivity contribution in [2.24, 2.45) is 17.0 Å². The number of hydrogen-bond acceptors (Lipinski definition) is 5. The lowest BCUT2D eigenvalue weighted by Crippen LogP contribution is -2.40. The molecular weight excluding hydrogens is 352 g/mol. The number of pyridine rings is 1. The Morgan fingerprint density at radius 2 is 2.08 bits per heavy atom. The summed E-state index contributed by atoms with van der Waals surface area (Å²) in [4.78, 5) is 6.82. The number of nitrogens with one attached hydrogen (secondary N) is 1. The number of methoxy groups -OCH3 is 1. The van der Waals surface area contributed by atoms with Crippen LogP contribution in [0.2, 0.25) is 0 Å². The van der Waals surface area contributed by atoms with Gasteiger partial charge in [-0.05, 0) is 48.9 Å². The number of aromatic nitrogens is 1. The lowest BCUT2D eigenvalue weighted by atomic mass is 9.85. The standard InChI is InChI=1S/C18H26N4O3S/c1-13(12-21-26(19,23)24)14-6-9-22(10-7-14)18-5-8-20-17-4-3-15(25-2)11-16(17)18/h3-5,8,11,13-14,21H,6-7,9-10,12H2,1-2H3,(H2,19,23,24). The molecule has 0 bridgehead atoms. The fourth-order valence-electron chi connectivity index (χ4n) is 3.64. The number of piperidine rings is 1. The summed E-state index contributed by atoms with van der Waals surface area (Å²) in [6.07, 6.45) is 3.87. The zero-order valence-corrected chi connectivity index (χ0v) is 16.0. The van der Waals surface area contributed by atoms with Crippen LogP contribution in [-0.4, -0.2) is 40.1 Å². The van der Waals surface area contributed by atoms with E-state index in [0.29, 0.717) is 12.5 Å². The van der Waals surface area contributed by atoms with Crippen molar-refractivity contribution in [2.75, 3.05) is 31.6 Å². The van der Waals surface area contributed by atoms with Gasteiger partial charge in [-0.1, -0.05) is 6.92 Å². The summed E-state index contributed by atoms with van der Waals surface area (Å²) in [6.45, 7) is 4.32. The molecule has 0 spiro atoms. The highest BCUT2D eigenvalue weighted by Crippen LogP contribution is 2.33. The zero-order valence-electron chi connectivity index (χ0n) is 15.2. The highest BCUT2D eigenvalue weighted by Gasteiger charge is 2.25. The number of fused-ring (bicyclic) bond motifs is 1. The van der Waals surface area contributed by atoms with E-state index >= 15 is 0 Å². The molecule has 0 radical (unpaired) electrons. The molecule has 8 heteroatoms. The summed E-state index contributed by atoms with van der Waals surface area (Å²) in [6, 6.07) is 7.98. The van der Waals surface area contributed by atoms with E-state index in [-0.39, 0.29) is 5.92 Å². The van der Waals surface area contributed by atoms with Gasteiger partial charge in [0.25, 0.3) is 10.2 Å². The van der Waals surface area contributed by atoms with Crippen LogP contribution in [0.4, 0.5) is 5.69 Å². The first-order valence-electron chi connectivity index (χ1n) is 8.82. The Bertz CT molecular complexity index is 864. The van der Waals surface area contributed by atoms with Crippen molar-refractivity contribution in [1.82, 2.24) is 9.71 Å². The molecule has 3 rings (SSSR count). The van der Waals surface area contributed by atoms with Crippen LogP contribution in [0.3, 0.4) is 0 Å². The predicted octanol–water partition coefficient (Wildman–Crippen LogP) is 1.89. The minimum absolute atomic E-state index is 0.254. The summed E-state index contributed by atoms with van der Waals surface area (Å²) in [5.74, 6) is 1.55. The maximum Gasteiger partial charge on any atom is 0.274 e. The molecule has 7 nitrogen and oxygen atoms in total. The topological polar surface area (TPSA) is 97.5 Å². The van der Waals surface area contributed by atoms with E-state index in [1.165, 1.54) is 5.69 Å². The van der Waals surface area contributed by atoms with Crippen LogP contribution in [-0.2, 0) is 10.2 Å². The van der Waals surface area contributed by atoms with E-state index in [2.05, 4.69) is 21.5 Å². The summed E-state index contributed by atoms with van der Waals surface area (Å²) < 4.78 is 29.9. The number of hydrogen-bond donors (Lipinski definition) is 2. The number of ether oxygens (including phenoxy) is 1. The van der Waals surface area contributed by atoms with E-state index in [1.807, 2.05) is 30.5 Å². The molecule has 142 valence electrons. The lowest BCUT2D eigenvalue weighted by Gasteiger charge is -2.36. The average molecular weight is 378 g/mol. The van der Waals surface area contributed by atoms with Crippen LogP contribution in [0.5, 0.6) is 5.75 Å². The summed E-state index contributed by atoms with van der Waals surface area (Å²) in [7, 11) is -1.96. The predicted molar refractivity (Wildman–Crippen MR) is 104 cm³/mol. The molecule has 1 aliphatic heterocycles. The molecule has 2 heterocycles. The van der Waals surface area contributed by atoms with Gasteiger partial charge in [0.05, 0.1) is 12.6 Å². The Balaban J connectivity index is 1.69. The normalized spacial score (nSPS) is 17.4. The van der Waals surface area contributed by atoms with Gasteiger partial charge in [0, 0.05) is 36.9 Å².